The Morgan fingerprint density at radius 2 is 2.00 bits per heavy atom. The summed E-state index contributed by atoms with van der Waals surface area (Å²) < 4.78 is 5.22. The van der Waals surface area contributed by atoms with Crippen molar-refractivity contribution >= 4 is 23.2 Å². The number of thiazole rings is 1. The number of ether oxygens (including phenoxy) is 1. The van der Waals surface area contributed by atoms with E-state index < -0.39 is 0 Å². The number of carbonyl (C=O) groups excluding carboxylic acids is 2. The highest BCUT2D eigenvalue weighted by Crippen LogP contribution is 2.50. The van der Waals surface area contributed by atoms with Crippen LogP contribution in [0, 0.1) is 25.7 Å². The molecule has 1 saturated carbocycles. The van der Waals surface area contributed by atoms with Gasteiger partial charge in [0.15, 0.2) is 0 Å². The van der Waals surface area contributed by atoms with Crippen molar-refractivity contribution in [1.82, 2.24) is 15.2 Å². The number of hydrogen-bond donors (Lipinski definition) is 1. The zero-order valence-corrected chi connectivity index (χ0v) is 19.8. The van der Waals surface area contributed by atoms with Gasteiger partial charge in [-0.15, -0.1) is 11.3 Å². The Labute approximate surface area is 197 Å². The molecule has 7 heteroatoms. The normalized spacial score (nSPS) is 20.9. The van der Waals surface area contributed by atoms with Crippen molar-refractivity contribution in [3.8, 4) is 16.2 Å². The quantitative estimate of drug-likeness (QED) is 0.593. The Morgan fingerprint density at radius 1 is 1.18 bits per heavy atom. The first-order valence-electron chi connectivity index (χ1n) is 11.2. The smallest absolute Gasteiger partial charge is 0.274 e. The number of nitrogens with one attached hydrogen (secondary N) is 1. The summed E-state index contributed by atoms with van der Waals surface area (Å²) >= 11 is 1.56. The van der Waals surface area contributed by atoms with Crippen LogP contribution in [-0.2, 0) is 0 Å². The molecule has 5 rings (SSSR count). The summed E-state index contributed by atoms with van der Waals surface area (Å²) in [6.45, 7) is 5.15. The molecule has 0 bridgehead atoms. The monoisotopic (exact) mass is 461 g/mol. The van der Waals surface area contributed by atoms with E-state index in [1.165, 1.54) is 0 Å². The third kappa shape index (κ3) is 4.25. The average molecular weight is 462 g/mol. The summed E-state index contributed by atoms with van der Waals surface area (Å²) in [6, 6.07) is 15.3. The fourth-order valence-corrected chi connectivity index (χ4v) is 5.73. The van der Waals surface area contributed by atoms with Gasteiger partial charge in [-0.2, -0.15) is 0 Å². The number of benzene rings is 2. The van der Waals surface area contributed by atoms with Crippen LogP contribution in [-0.4, -0.2) is 47.9 Å². The number of aryl methyl sites for hydroxylation is 2. The van der Waals surface area contributed by atoms with Gasteiger partial charge in [0, 0.05) is 18.7 Å². The molecule has 2 heterocycles. The topological polar surface area (TPSA) is 71.5 Å². The number of hydrogen-bond acceptors (Lipinski definition) is 5. The maximum absolute atomic E-state index is 13.7. The number of methoxy groups -OCH3 is 1. The molecule has 3 aromatic rings. The highest BCUT2D eigenvalue weighted by molar-refractivity contribution is 7.15. The Bertz CT molecular complexity index is 1220. The zero-order valence-electron chi connectivity index (χ0n) is 19.0. The number of piperidine rings is 1. The number of fused-ring (bicyclic) bond motifs is 1. The Morgan fingerprint density at radius 3 is 2.79 bits per heavy atom. The van der Waals surface area contributed by atoms with Gasteiger partial charge in [-0.1, -0.05) is 35.9 Å². The van der Waals surface area contributed by atoms with E-state index in [4.69, 9.17) is 4.74 Å². The van der Waals surface area contributed by atoms with Crippen molar-refractivity contribution in [2.45, 2.75) is 26.3 Å². The second kappa shape index (κ2) is 8.63. The van der Waals surface area contributed by atoms with Crippen molar-refractivity contribution in [3.63, 3.8) is 0 Å². The van der Waals surface area contributed by atoms with E-state index in [2.05, 4.69) is 16.4 Å². The summed E-state index contributed by atoms with van der Waals surface area (Å²) in [5.74, 6) is 1.42. The van der Waals surface area contributed by atoms with Gasteiger partial charge in [0.25, 0.3) is 11.8 Å². The lowest BCUT2D eigenvalue weighted by molar-refractivity contribution is 0.0690. The third-order valence-corrected chi connectivity index (χ3v) is 7.60. The molecule has 170 valence electrons. The average Bonchev–Trinajstić information content (AvgIpc) is 3.33. The lowest BCUT2D eigenvalue weighted by Crippen LogP contribution is -2.45. The van der Waals surface area contributed by atoms with Crippen LogP contribution in [0.25, 0.3) is 10.4 Å². The minimum atomic E-state index is -0.157. The van der Waals surface area contributed by atoms with E-state index in [1.54, 1.807) is 36.6 Å². The van der Waals surface area contributed by atoms with Crippen molar-refractivity contribution in [2.24, 2.45) is 11.8 Å². The van der Waals surface area contributed by atoms with Crippen molar-refractivity contribution in [2.75, 3.05) is 20.2 Å². The Kier molecular flexibility index (Phi) is 5.66. The minimum absolute atomic E-state index is 0.00979. The molecule has 6 nitrogen and oxygen atoms in total. The molecule has 1 N–H and O–H groups in total. The fraction of sp³-hybridized carbons (Fsp3) is 0.346. The lowest BCUT2D eigenvalue weighted by atomic mass is 10.1. The third-order valence-electron chi connectivity index (χ3n) is 6.58. The van der Waals surface area contributed by atoms with Crippen LogP contribution in [0.2, 0.25) is 0 Å². The van der Waals surface area contributed by atoms with E-state index in [0.717, 1.165) is 34.0 Å². The van der Waals surface area contributed by atoms with Crippen LogP contribution in [0.1, 0.15) is 37.8 Å². The van der Waals surface area contributed by atoms with Crippen molar-refractivity contribution in [3.05, 3.63) is 70.4 Å². The summed E-state index contributed by atoms with van der Waals surface area (Å²) in [5, 5.41) is 3.92. The van der Waals surface area contributed by atoms with Gasteiger partial charge in [0.2, 0.25) is 0 Å². The van der Waals surface area contributed by atoms with E-state index in [9.17, 15) is 9.59 Å². The maximum Gasteiger partial charge on any atom is 0.274 e. The summed E-state index contributed by atoms with van der Waals surface area (Å²) in [7, 11) is 1.58. The zero-order chi connectivity index (χ0) is 23.1. The highest BCUT2D eigenvalue weighted by Gasteiger charge is 2.54. The van der Waals surface area contributed by atoms with E-state index in [1.807, 2.05) is 43.0 Å². The molecule has 1 aliphatic carbocycles. The molecule has 2 fully saturated rings. The summed E-state index contributed by atoms with van der Waals surface area (Å²) in [5.41, 5.74) is 3.25. The Hall–Kier alpha value is -3.19. The van der Waals surface area contributed by atoms with Crippen LogP contribution >= 0.6 is 11.3 Å². The summed E-state index contributed by atoms with van der Waals surface area (Å²) in [6.07, 6.45) is 1.12. The molecular weight excluding hydrogens is 434 g/mol. The Balaban J connectivity index is 1.34. The molecule has 0 radical (unpaired) electrons. The fourth-order valence-electron chi connectivity index (χ4n) is 4.82. The molecule has 0 spiro atoms. The first-order valence-corrected chi connectivity index (χ1v) is 12.0. The summed E-state index contributed by atoms with van der Waals surface area (Å²) in [4.78, 5) is 33.9. The van der Waals surface area contributed by atoms with E-state index in [0.29, 0.717) is 35.4 Å². The van der Waals surface area contributed by atoms with E-state index >= 15 is 0 Å². The predicted molar refractivity (Wildman–Crippen MR) is 129 cm³/mol. The number of nitrogens with zero attached hydrogens (tertiary/aromatic N) is 2. The standard InChI is InChI=1S/C26H27N3O3S/c1-15-6-4-7-17(10-15)24-23(28-16(2)33-24)26(31)29-14-19-12-21(19)22(29)13-27-25(30)18-8-5-9-20(11-18)32-3/h4-11,19,21-22H,12-14H2,1-3H3,(H,27,30). The lowest BCUT2D eigenvalue weighted by Gasteiger charge is -2.27. The number of carbonyl (C=O) groups is 2. The molecule has 1 saturated heterocycles. The second-order valence-corrected chi connectivity index (χ2v) is 10.1. The largest absolute Gasteiger partial charge is 0.497 e. The van der Waals surface area contributed by atoms with Gasteiger partial charge in [0.1, 0.15) is 11.4 Å². The van der Waals surface area contributed by atoms with Crippen LogP contribution in [0.5, 0.6) is 5.75 Å². The predicted octanol–water partition coefficient (Wildman–Crippen LogP) is 4.33. The number of amides is 2. The van der Waals surface area contributed by atoms with Gasteiger partial charge in [0.05, 0.1) is 23.0 Å². The van der Waals surface area contributed by atoms with Gasteiger partial charge < -0.3 is 15.0 Å². The molecule has 33 heavy (non-hydrogen) atoms. The molecule has 2 amide bonds. The van der Waals surface area contributed by atoms with E-state index in [-0.39, 0.29) is 17.9 Å². The first-order chi connectivity index (χ1) is 15.9. The molecule has 1 aliphatic heterocycles. The van der Waals surface area contributed by atoms with Crippen molar-refractivity contribution in [1.29, 1.82) is 0 Å². The molecule has 3 atom stereocenters. The van der Waals surface area contributed by atoms with Crippen molar-refractivity contribution < 1.29 is 14.3 Å². The van der Waals surface area contributed by atoms with Crippen LogP contribution < -0.4 is 10.1 Å². The molecule has 2 aliphatic rings. The van der Waals surface area contributed by atoms with Gasteiger partial charge in [-0.3, -0.25) is 9.59 Å². The highest BCUT2D eigenvalue weighted by atomic mass is 32.1. The SMILES string of the molecule is COc1cccc(C(=O)NCC2C3CC3CN2C(=O)c2nc(C)sc2-c2cccc(C)c2)c1. The van der Waals surface area contributed by atoms with Crippen LogP contribution in [0.3, 0.4) is 0 Å². The number of aromatic nitrogens is 1. The van der Waals surface area contributed by atoms with Crippen LogP contribution in [0.15, 0.2) is 48.5 Å². The van der Waals surface area contributed by atoms with Gasteiger partial charge in [-0.25, -0.2) is 4.98 Å². The molecule has 2 aromatic carbocycles. The maximum atomic E-state index is 13.7. The van der Waals surface area contributed by atoms with Gasteiger partial charge in [-0.05, 0) is 55.9 Å². The van der Waals surface area contributed by atoms with Crippen LogP contribution in [0.4, 0.5) is 0 Å². The second-order valence-electron chi connectivity index (χ2n) is 8.91. The number of likely N-dealkylation sites (tertiary alicyclic amines) is 1. The van der Waals surface area contributed by atoms with Gasteiger partial charge >= 0.3 is 0 Å². The molecule has 3 unspecified atom stereocenters. The minimum Gasteiger partial charge on any atom is -0.497 e. The molecule has 1 aromatic heterocycles. The number of rotatable bonds is 6. The molecular formula is C26H27N3O3S. The first kappa shape index (κ1) is 21.6.